The molecule has 72 valence electrons. The Balaban J connectivity index is 1.85. The molecule has 13 heavy (non-hydrogen) atoms. The summed E-state index contributed by atoms with van der Waals surface area (Å²) in [5, 5.41) is 3.44. The zero-order chi connectivity index (χ0) is 9.15. The Hall–Kier alpha value is -0.800. The second-order valence-electron chi connectivity index (χ2n) is 3.80. The molecule has 0 aromatic carbocycles. The van der Waals surface area contributed by atoms with Gasteiger partial charge in [-0.25, -0.2) is 0 Å². The minimum Gasteiger partial charge on any atom is -0.468 e. The zero-order valence-electron chi connectivity index (χ0n) is 7.88. The molecule has 1 aliphatic rings. The highest BCUT2D eigenvalue weighted by Crippen LogP contribution is 2.18. The molecular formula is C10H15NO2. The Bertz CT molecular complexity index is 250. The number of ether oxygens (including phenoxy) is 1. The van der Waals surface area contributed by atoms with Gasteiger partial charge in [0, 0.05) is 12.1 Å². The first-order valence-electron chi connectivity index (χ1n) is 4.64. The third-order valence-electron chi connectivity index (χ3n) is 2.49. The summed E-state index contributed by atoms with van der Waals surface area (Å²) < 4.78 is 10.6. The van der Waals surface area contributed by atoms with Crippen molar-refractivity contribution in [2.24, 2.45) is 0 Å². The van der Waals surface area contributed by atoms with Crippen LogP contribution in [0.4, 0.5) is 0 Å². The quantitative estimate of drug-likeness (QED) is 0.768. The maximum atomic E-state index is 5.34. The zero-order valence-corrected chi connectivity index (χ0v) is 7.88. The second-order valence-corrected chi connectivity index (χ2v) is 3.80. The van der Waals surface area contributed by atoms with Crippen molar-refractivity contribution >= 4 is 0 Å². The van der Waals surface area contributed by atoms with Crippen molar-refractivity contribution in [2.45, 2.75) is 25.4 Å². The highest BCUT2D eigenvalue weighted by atomic mass is 16.5. The lowest BCUT2D eigenvalue weighted by molar-refractivity contribution is 0.170. The maximum absolute atomic E-state index is 5.34. The second kappa shape index (κ2) is 3.52. The van der Waals surface area contributed by atoms with Gasteiger partial charge in [-0.3, -0.25) is 0 Å². The minimum atomic E-state index is 0.132. The Kier molecular flexibility index (Phi) is 2.38. The molecule has 0 amide bonds. The van der Waals surface area contributed by atoms with E-state index in [9.17, 15) is 0 Å². The molecular weight excluding hydrogens is 166 g/mol. The van der Waals surface area contributed by atoms with E-state index in [1.54, 1.807) is 6.26 Å². The lowest BCUT2D eigenvalue weighted by Gasteiger charge is -2.22. The topological polar surface area (TPSA) is 34.4 Å². The summed E-state index contributed by atoms with van der Waals surface area (Å²) in [6.07, 6.45) is 2.78. The molecule has 1 aromatic rings. The normalized spacial score (nSPS) is 28.1. The van der Waals surface area contributed by atoms with Crippen LogP contribution in [0, 0.1) is 0 Å². The first-order chi connectivity index (χ1) is 6.29. The average Bonchev–Trinajstić information content (AvgIpc) is 2.72. The fourth-order valence-electron chi connectivity index (χ4n) is 1.52. The fourth-order valence-corrected chi connectivity index (χ4v) is 1.52. The standard InChI is InChI=1S/C10H15NO2/c1-10(4-6-12-8-10)11-7-9-3-2-5-13-9/h2-3,5,11H,4,6-8H2,1H3. The van der Waals surface area contributed by atoms with Crippen molar-refractivity contribution in [3.63, 3.8) is 0 Å². The number of nitrogens with one attached hydrogen (secondary N) is 1. The van der Waals surface area contributed by atoms with Crippen LogP contribution in [-0.2, 0) is 11.3 Å². The van der Waals surface area contributed by atoms with Crippen molar-refractivity contribution < 1.29 is 9.15 Å². The van der Waals surface area contributed by atoms with Gasteiger partial charge in [0.2, 0.25) is 0 Å². The van der Waals surface area contributed by atoms with Crippen LogP contribution in [0.25, 0.3) is 0 Å². The lowest BCUT2D eigenvalue weighted by Crippen LogP contribution is -2.42. The van der Waals surface area contributed by atoms with Gasteiger partial charge in [-0.05, 0) is 25.5 Å². The van der Waals surface area contributed by atoms with Gasteiger partial charge < -0.3 is 14.5 Å². The number of hydrogen-bond acceptors (Lipinski definition) is 3. The maximum Gasteiger partial charge on any atom is 0.117 e. The first kappa shape index (κ1) is 8.78. The van der Waals surface area contributed by atoms with E-state index >= 15 is 0 Å². The van der Waals surface area contributed by atoms with Gasteiger partial charge in [0.25, 0.3) is 0 Å². The fraction of sp³-hybridized carbons (Fsp3) is 0.600. The van der Waals surface area contributed by atoms with Crippen molar-refractivity contribution in [3.8, 4) is 0 Å². The van der Waals surface area contributed by atoms with E-state index in [0.29, 0.717) is 0 Å². The summed E-state index contributed by atoms with van der Waals surface area (Å²) in [5.74, 6) is 0.980. The molecule has 1 aliphatic heterocycles. The van der Waals surface area contributed by atoms with E-state index in [4.69, 9.17) is 9.15 Å². The molecule has 1 unspecified atom stereocenters. The molecule has 3 heteroatoms. The van der Waals surface area contributed by atoms with Gasteiger partial charge in [0.15, 0.2) is 0 Å². The van der Waals surface area contributed by atoms with Crippen LogP contribution < -0.4 is 5.32 Å². The van der Waals surface area contributed by atoms with Gasteiger partial charge in [-0.2, -0.15) is 0 Å². The summed E-state index contributed by atoms with van der Waals surface area (Å²) in [4.78, 5) is 0. The number of hydrogen-bond donors (Lipinski definition) is 1. The minimum absolute atomic E-state index is 0.132. The molecule has 3 nitrogen and oxygen atoms in total. The summed E-state index contributed by atoms with van der Waals surface area (Å²) in [7, 11) is 0. The van der Waals surface area contributed by atoms with Crippen LogP contribution in [0.3, 0.4) is 0 Å². The van der Waals surface area contributed by atoms with Crippen molar-refractivity contribution in [1.29, 1.82) is 0 Å². The van der Waals surface area contributed by atoms with Crippen LogP contribution >= 0.6 is 0 Å². The smallest absolute Gasteiger partial charge is 0.117 e. The van der Waals surface area contributed by atoms with Crippen LogP contribution in [0.15, 0.2) is 22.8 Å². The molecule has 1 atom stereocenters. The SMILES string of the molecule is CC1(NCc2ccco2)CCOC1. The molecule has 1 N–H and O–H groups in total. The molecule has 0 saturated carbocycles. The highest BCUT2D eigenvalue weighted by molar-refractivity contribution is 4.99. The van der Waals surface area contributed by atoms with Gasteiger partial charge in [0.1, 0.15) is 5.76 Å². The molecule has 2 heterocycles. The van der Waals surface area contributed by atoms with Crippen molar-refractivity contribution in [1.82, 2.24) is 5.32 Å². The van der Waals surface area contributed by atoms with Crippen LogP contribution in [0.1, 0.15) is 19.1 Å². The van der Waals surface area contributed by atoms with Gasteiger partial charge in [-0.15, -0.1) is 0 Å². The summed E-state index contributed by atoms with van der Waals surface area (Å²) >= 11 is 0. The molecule has 0 bridgehead atoms. The Morgan fingerprint density at radius 3 is 3.15 bits per heavy atom. The summed E-state index contributed by atoms with van der Waals surface area (Å²) in [6, 6.07) is 3.89. The molecule has 0 aliphatic carbocycles. The molecule has 0 spiro atoms. The molecule has 2 rings (SSSR count). The van der Waals surface area contributed by atoms with Gasteiger partial charge in [-0.1, -0.05) is 0 Å². The molecule has 1 fully saturated rings. The van der Waals surface area contributed by atoms with E-state index < -0.39 is 0 Å². The third kappa shape index (κ3) is 2.11. The third-order valence-corrected chi connectivity index (χ3v) is 2.49. The van der Waals surface area contributed by atoms with Crippen LogP contribution in [-0.4, -0.2) is 18.8 Å². The summed E-state index contributed by atoms with van der Waals surface area (Å²) in [6.45, 7) is 4.63. The summed E-state index contributed by atoms with van der Waals surface area (Å²) in [5.41, 5.74) is 0.132. The number of rotatable bonds is 3. The van der Waals surface area contributed by atoms with E-state index in [2.05, 4.69) is 12.2 Å². The van der Waals surface area contributed by atoms with E-state index in [1.807, 2.05) is 12.1 Å². The van der Waals surface area contributed by atoms with Gasteiger partial charge in [0.05, 0.1) is 19.4 Å². The average molecular weight is 181 g/mol. The van der Waals surface area contributed by atoms with Crippen LogP contribution in [0.5, 0.6) is 0 Å². The Labute approximate surface area is 78.1 Å². The highest BCUT2D eigenvalue weighted by Gasteiger charge is 2.28. The molecule has 1 saturated heterocycles. The lowest BCUT2D eigenvalue weighted by atomic mass is 10.0. The Morgan fingerprint density at radius 2 is 2.54 bits per heavy atom. The molecule has 1 aromatic heterocycles. The van der Waals surface area contributed by atoms with Gasteiger partial charge >= 0.3 is 0 Å². The molecule has 0 radical (unpaired) electrons. The van der Waals surface area contributed by atoms with Crippen molar-refractivity contribution in [2.75, 3.05) is 13.2 Å². The predicted octanol–water partition coefficient (Wildman–Crippen LogP) is 1.55. The monoisotopic (exact) mass is 181 g/mol. The number of furan rings is 1. The Morgan fingerprint density at radius 1 is 1.62 bits per heavy atom. The van der Waals surface area contributed by atoms with E-state index in [0.717, 1.165) is 31.9 Å². The predicted molar refractivity (Wildman–Crippen MR) is 49.4 cm³/mol. The van der Waals surface area contributed by atoms with Crippen molar-refractivity contribution in [3.05, 3.63) is 24.2 Å². The largest absolute Gasteiger partial charge is 0.468 e. The van der Waals surface area contributed by atoms with E-state index in [-0.39, 0.29) is 5.54 Å². The van der Waals surface area contributed by atoms with Crippen LogP contribution in [0.2, 0.25) is 0 Å². The van der Waals surface area contributed by atoms with E-state index in [1.165, 1.54) is 0 Å². The first-order valence-corrected chi connectivity index (χ1v) is 4.64.